The van der Waals surface area contributed by atoms with Gasteiger partial charge in [0.15, 0.2) is 0 Å². The fourth-order valence-corrected chi connectivity index (χ4v) is 2.71. The Morgan fingerprint density at radius 3 is 2.21 bits per heavy atom. The molecule has 0 spiro atoms. The highest BCUT2D eigenvalue weighted by molar-refractivity contribution is 5.84. The summed E-state index contributed by atoms with van der Waals surface area (Å²) in [5.74, 6) is -0.534. The summed E-state index contributed by atoms with van der Waals surface area (Å²) < 4.78 is 0. The second-order valence-corrected chi connectivity index (χ2v) is 6.47. The van der Waals surface area contributed by atoms with Crippen LogP contribution in [0.25, 0.3) is 0 Å². The first-order chi connectivity index (χ1) is 8.83. The maximum atomic E-state index is 11.9. The maximum absolute atomic E-state index is 11.9. The summed E-state index contributed by atoms with van der Waals surface area (Å²) in [6, 6.07) is 0.148. The smallest absolute Gasteiger partial charge is 0.309 e. The highest BCUT2D eigenvalue weighted by Crippen LogP contribution is 2.26. The van der Waals surface area contributed by atoms with Gasteiger partial charge in [-0.3, -0.25) is 9.59 Å². The van der Waals surface area contributed by atoms with E-state index >= 15 is 0 Å². The summed E-state index contributed by atoms with van der Waals surface area (Å²) >= 11 is 0. The minimum absolute atomic E-state index is 0.0411. The Kier molecular flexibility index (Phi) is 5.83. The second-order valence-electron chi connectivity index (χ2n) is 6.47. The third-order valence-electron chi connectivity index (χ3n) is 4.18. The molecule has 0 aromatic rings. The quantitative estimate of drug-likeness (QED) is 0.754. The molecule has 0 aromatic carbocycles. The molecule has 1 rings (SSSR count). The Bertz CT molecular complexity index is 317. The molecule has 1 saturated carbocycles. The van der Waals surface area contributed by atoms with Crippen molar-refractivity contribution in [3.8, 4) is 0 Å². The van der Waals surface area contributed by atoms with Crippen molar-refractivity contribution in [2.45, 2.75) is 71.8 Å². The minimum Gasteiger partial charge on any atom is -0.481 e. The van der Waals surface area contributed by atoms with Crippen LogP contribution in [0.15, 0.2) is 0 Å². The van der Waals surface area contributed by atoms with Gasteiger partial charge in [0.05, 0.1) is 5.41 Å². The van der Waals surface area contributed by atoms with E-state index in [1.165, 1.54) is 38.5 Å². The first-order valence-electron chi connectivity index (χ1n) is 7.35. The van der Waals surface area contributed by atoms with Gasteiger partial charge in [0.25, 0.3) is 0 Å². The van der Waals surface area contributed by atoms with E-state index in [9.17, 15) is 9.59 Å². The average molecular weight is 269 g/mol. The van der Waals surface area contributed by atoms with Gasteiger partial charge in [0.2, 0.25) is 5.91 Å². The molecule has 1 aliphatic rings. The van der Waals surface area contributed by atoms with E-state index in [1.807, 2.05) is 6.92 Å². The second kappa shape index (κ2) is 6.92. The number of carboxylic acids is 1. The third-order valence-corrected chi connectivity index (χ3v) is 4.18. The zero-order chi connectivity index (χ0) is 14.5. The SMILES string of the molecule is C[C@H](NC(=O)CC(C)(C)C(=O)O)C1CCCCCC1. The van der Waals surface area contributed by atoms with Crippen molar-refractivity contribution in [1.29, 1.82) is 0 Å². The van der Waals surface area contributed by atoms with Crippen LogP contribution in [0.3, 0.4) is 0 Å². The van der Waals surface area contributed by atoms with Crippen LogP contribution in [0.4, 0.5) is 0 Å². The van der Waals surface area contributed by atoms with E-state index in [2.05, 4.69) is 5.32 Å². The van der Waals surface area contributed by atoms with Gasteiger partial charge in [-0.25, -0.2) is 0 Å². The van der Waals surface area contributed by atoms with Crippen LogP contribution in [0.1, 0.15) is 65.7 Å². The molecule has 2 N–H and O–H groups in total. The Morgan fingerprint density at radius 1 is 1.21 bits per heavy atom. The summed E-state index contributed by atoms with van der Waals surface area (Å²) in [4.78, 5) is 22.9. The highest BCUT2D eigenvalue weighted by Gasteiger charge is 2.31. The van der Waals surface area contributed by atoms with Gasteiger partial charge in [-0.2, -0.15) is 0 Å². The molecule has 4 heteroatoms. The number of amides is 1. The van der Waals surface area contributed by atoms with Crippen LogP contribution in [-0.2, 0) is 9.59 Å². The number of hydrogen-bond acceptors (Lipinski definition) is 2. The number of rotatable bonds is 5. The molecule has 1 amide bonds. The Hall–Kier alpha value is -1.06. The number of hydrogen-bond donors (Lipinski definition) is 2. The van der Waals surface area contributed by atoms with Crippen molar-refractivity contribution in [2.75, 3.05) is 0 Å². The third kappa shape index (κ3) is 5.21. The maximum Gasteiger partial charge on any atom is 0.309 e. The highest BCUT2D eigenvalue weighted by atomic mass is 16.4. The Balaban J connectivity index is 2.44. The molecule has 110 valence electrons. The molecule has 4 nitrogen and oxygen atoms in total. The summed E-state index contributed by atoms with van der Waals surface area (Å²) in [6.45, 7) is 5.22. The van der Waals surface area contributed by atoms with Crippen LogP contribution in [0, 0.1) is 11.3 Å². The lowest BCUT2D eigenvalue weighted by atomic mass is 9.88. The van der Waals surface area contributed by atoms with Crippen LogP contribution in [0.5, 0.6) is 0 Å². The standard InChI is InChI=1S/C15H27NO3/c1-11(12-8-6-4-5-7-9-12)16-13(17)10-15(2,3)14(18)19/h11-12H,4-10H2,1-3H3,(H,16,17)(H,18,19)/t11-/m0/s1. The van der Waals surface area contributed by atoms with Crippen molar-refractivity contribution >= 4 is 11.9 Å². The molecule has 0 unspecified atom stereocenters. The zero-order valence-corrected chi connectivity index (χ0v) is 12.4. The fourth-order valence-electron chi connectivity index (χ4n) is 2.71. The topological polar surface area (TPSA) is 66.4 Å². The molecule has 0 bridgehead atoms. The van der Waals surface area contributed by atoms with E-state index in [-0.39, 0.29) is 18.4 Å². The van der Waals surface area contributed by atoms with E-state index < -0.39 is 11.4 Å². The van der Waals surface area contributed by atoms with Gasteiger partial charge in [-0.15, -0.1) is 0 Å². The molecular weight excluding hydrogens is 242 g/mol. The van der Waals surface area contributed by atoms with Crippen molar-refractivity contribution in [2.24, 2.45) is 11.3 Å². The van der Waals surface area contributed by atoms with Gasteiger partial charge in [0.1, 0.15) is 0 Å². The van der Waals surface area contributed by atoms with Crippen molar-refractivity contribution in [3.05, 3.63) is 0 Å². The lowest BCUT2D eigenvalue weighted by molar-refractivity contribution is -0.149. The first kappa shape index (κ1) is 16.0. The number of nitrogens with one attached hydrogen (secondary N) is 1. The van der Waals surface area contributed by atoms with E-state index in [4.69, 9.17) is 5.11 Å². The molecule has 0 radical (unpaired) electrons. The zero-order valence-electron chi connectivity index (χ0n) is 12.4. The molecule has 1 atom stereocenters. The molecule has 19 heavy (non-hydrogen) atoms. The lowest BCUT2D eigenvalue weighted by Gasteiger charge is -2.25. The molecule has 1 aliphatic carbocycles. The molecule has 0 aliphatic heterocycles. The lowest BCUT2D eigenvalue weighted by Crippen LogP contribution is -2.41. The number of carbonyl (C=O) groups is 2. The summed E-state index contributed by atoms with van der Waals surface area (Å²) in [6.07, 6.45) is 7.45. The molecule has 0 heterocycles. The van der Waals surface area contributed by atoms with Crippen LogP contribution >= 0.6 is 0 Å². The normalized spacial score (nSPS) is 19.5. The Labute approximate surface area is 116 Å². The van der Waals surface area contributed by atoms with Crippen molar-refractivity contribution in [3.63, 3.8) is 0 Å². The minimum atomic E-state index is -0.993. The monoisotopic (exact) mass is 269 g/mol. The molecular formula is C15H27NO3. The van der Waals surface area contributed by atoms with Gasteiger partial charge in [0, 0.05) is 12.5 Å². The van der Waals surface area contributed by atoms with Crippen LogP contribution in [-0.4, -0.2) is 23.0 Å². The van der Waals surface area contributed by atoms with Crippen molar-refractivity contribution in [1.82, 2.24) is 5.32 Å². The van der Waals surface area contributed by atoms with E-state index in [1.54, 1.807) is 13.8 Å². The first-order valence-corrected chi connectivity index (χ1v) is 7.35. The van der Waals surface area contributed by atoms with Gasteiger partial charge >= 0.3 is 5.97 Å². The van der Waals surface area contributed by atoms with Gasteiger partial charge in [-0.1, -0.05) is 25.7 Å². The van der Waals surface area contributed by atoms with E-state index in [0.29, 0.717) is 5.92 Å². The number of aliphatic carboxylic acids is 1. The summed E-state index contributed by atoms with van der Waals surface area (Å²) in [7, 11) is 0. The van der Waals surface area contributed by atoms with Gasteiger partial charge < -0.3 is 10.4 Å². The molecule has 0 saturated heterocycles. The van der Waals surface area contributed by atoms with Crippen LogP contribution in [0.2, 0.25) is 0 Å². The van der Waals surface area contributed by atoms with Crippen LogP contribution < -0.4 is 5.32 Å². The number of carbonyl (C=O) groups excluding carboxylic acids is 1. The molecule has 1 fully saturated rings. The van der Waals surface area contributed by atoms with Gasteiger partial charge in [-0.05, 0) is 39.5 Å². The predicted molar refractivity (Wildman–Crippen MR) is 74.8 cm³/mol. The fraction of sp³-hybridized carbons (Fsp3) is 0.867. The Morgan fingerprint density at radius 2 is 1.74 bits per heavy atom. The molecule has 0 aromatic heterocycles. The number of carboxylic acid groups (broad SMARTS) is 1. The van der Waals surface area contributed by atoms with Crippen molar-refractivity contribution < 1.29 is 14.7 Å². The average Bonchev–Trinajstić information content (AvgIpc) is 2.56. The predicted octanol–water partition coefficient (Wildman–Crippen LogP) is 2.96. The summed E-state index contributed by atoms with van der Waals surface area (Å²) in [5.41, 5.74) is -0.993. The summed E-state index contributed by atoms with van der Waals surface area (Å²) in [5, 5.41) is 12.0. The largest absolute Gasteiger partial charge is 0.481 e. The van der Waals surface area contributed by atoms with E-state index in [0.717, 1.165) is 0 Å².